The molecule has 0 saturated heterocycles. The molecule has 0 spiro atoms. The Morgan fingerprint density at radius 2 is 0.629 bits per heavy atom. The van der Waals surface area contributed by atoms with Crippen LogP contribution in [0.4, 0.5) is 11.4 Å². The highest BCUT2D eigenvalue weighted by atomic mass is 16.2. The first-order valence-corrected chi connectivity index (χ1v) is 26.9. The third kappa shape index (κ3) is 16.9. The Hall–Kier alpha value is -2.88. The van der Waals surface area contributed by atoms with Crippen molar-refractivity contribution in [3.8, 4) is 0 Å². The largest absolute Gasteiger partial charge is 0.307 e. The maximum absolute atomic E-state index is 15.1. The summed E-state index contributed by atoms with van der Waals surface area (Å²) in [4.78, 5) is 34.5. The number of unbranched alkanes of at least 4 members (excludes halogenated alkanes) is 24. The van der Waals surface area contributed by atoms with E-state index in [1.807, 2.05) is 0 Å². The Balaban J connectivity index is 1.57. The van der Waals surface area contributed by atoms with Crippen LogP contribution in [0.3, 0.4) is 0 Å². The summed E-state index contributed by atoms with van der Waals surface area (Å²) in [6, 6.07) is 13.0. The lowest BCUT2D eigenvalue weighted by atomic mass is 9.93. The number of rotatable bonds is 36. The Morgan fingerprint density at radius 1 is 0.371 bits per heavy atom. The first kappa shape index (κ1) is 51.8. The van der Waals surface area contributed by atoms with Gasteiger partial charge in [0.25, 0.3) is 11.8 Å². The SMILES string of the molecule is CCCCCCCCCCC(CCCCCCCC)CN1C(=O)/C(=C2/C(=O)N(CC(CCCCCCCC)CCCCCCCCCC)c3cc(C)ccc32)c2ccc(C)cc21. The minimum atomic E-state index is 0.0359. The van der Waals surface area contributed by atoms with Gasteiger partial charge in [0.2, 0.25) is 0 Å². The molecule has 4 rings (SSSR count). The molecule has 348 valence electrons. The molecule has 2 amide bonds. The third-order valence-corrected chi connectivity index (χ3v) is 14.3. The molecule has 2 atom stereocenters. The summed E-state index contributed by atoms with van der Waals surface area (Å²) in [5.41, 5.74) is 7.52. The van der Waals surface area contributed by atoms with E-state index in [-0.39, 0.29) is 11.8 Å². The van der Waals surface area contributed by atoms with Crippen LogP contribution < -0.4 is 9.80 Å². The standard InChI is InChI=1S/C58H94N2O2/c1-7-11-15-19-23-25-29-33-37-49(35-31-27-21-17-13-9-3)45-59-53-43-47(5)39-41-51(53)55(57(59)61)56-52-42-40-48(6)44-54(52)60(58(56)62)46-50(36-32-28-22-18-14-10-4)38-34-30-26-24-20-16-12-8-2/h39-44,49-50H,7-38,45-46H2,1-6H3/b56-55+. The summed E-state index contributed by atoms with van der Waals surface area (Å²) >= 11 is 0. The molecule has 0 aliphatic carbocycles. The van der Waals surface area contributed by atoms with E-state index in [1.165, 1.54) is 205 Å². The van der Waals surface area contributed by atoms with Crippen molar-refractivity contribution in [2.75, 3.05) is 22.9 Å². The lowest BCUT2D eigenvalue weighted by Crippen LogP contribution is -2.34. The molecule has 4 heteroatoms. The van der Waals surface area contributed by atoms with Crippen LogP contribution >= 0.6 is 0 Å². The van der Waals surface area contributed by atoms with E-state index in [0.29, 0.717) is 23.0 Å². The molecule has 0 N–H and O–H groups in total. The molecule has 2 aliphatic rings. The zero-order chi connectivity index (χ0) is 44.4. The number of aryl methyl sites for hydroxylation is 2. The molecule has 2 aromatic carbocycles. The minimum Gasteiger partial charge on any atom is -0.307 e. The Bertz CT molecular complexity index is 1490. The molecule has 0 aromatic heterocycles. The quantitative estimate of drug-likeness (QED) is 0.0506. The maximum atomic E-state index is 15.1. The van der Waals surface area contributed by atoms with Crippen molar-refractivity contribution in [1.82, 2.24) is 0 Å². The van der Waals surface area contributed by atoms with Gasteiger partial charge in [0, 0.05) is 24.2 Å². The van der Waals surface area contributed by atoms with Crippen LogP contribution in [0, 0.1) is 25.7 Å². The van der Waals surface area contributed by atoms with E-state index < -0.39 is 0 Å². The second-order valence-electron chi connectivity index (χ2n) is 20.0. The molecule has 0 radical (unpaired) electrons. The second kappa shape index (κ2) is 30.3. The van der Waals surface area contributed by atoms with Crippen molar-refractivity contribution in [1.29, 1.82) is 0 Å². The van der Waals surface area contributed by atoms with Gasteiger partial charge in [-0.2, -0.15) is 0 Å². The smallest absolute Gasteiger partial charge is 0.259 e. The van der Waals surface area contributed by atoms with Gasteiger partial charge in [-0.25, -0.2) is 0 Å². The van der Waals surface area contributed by atoms with E-state index in [2.05, 4.69) is 87.7 Å². The Kier molecular flexibility index (Phi) is 25.3. The summed E-state index contributed by atoms with van der Waals surface area (Å²) in [5, 5.41) is 0. The molecule has 2 aromatic rings. The fraction of sp³-hybridized carbons (Fsp3) is 0.724. The van der Waals surface area contributed by atoms with Crippen LogP contribution in [0.2, 0.25) is 0 Å². The summed E-state index contributed by atoms with van der Waals surface area (Å²) in [6.07, 6.45) is 41.4. The van der Waals surface area contributed by atoms with E-state index in [9.17, 15) is 0 Å². The van der Waals surface area contributed by atoms with Crippen molar-refractivity contribution in [2.24, 2.45) is 11.8 Å². The average molecular weight is 851 g/mol. The van der Waals surface area contributed by atoms with Crippen molar-refractivity contribution >= 4 is 34.3 Å². The fourth-order valence-corrected chi connectivity index (χ4v) is 10.4. The van der Waals surface area contributed by atoms with Gasteiger partial charge < -0.3 is 9.80 Å². The van der Waals surface area contributed by atoms with Crippen molar-refractivity contribution in [3.05, 3.63) is 58.7 Å². The van der Waals surface area contributed by atoms with Crippen LogP contribution in [0.5, 0.6) is 0 Å². The van der Waals surface area contributed by atoms with Gasteiger partial charge in [-0.3, -0.25) is 9.59 Å². The number of amides is 2. The van der Waals surface area contributed by atoms with Gasteiger partial charge in [-0.15, -0.1) is 0 Å². The maximum Gasteiger partial charge on any atom is 0.259 e. The summed E-state index contributed by atoms with van der Waals surface area (Å²) in [5.74, 6) is 1.00. The van der Waals surface area contributed by atoms with Crippen molar-refractivity contribution in [2.45, 2.75) is 247 Å². The van der Waals surface area contributed by atoms with Gasteiger partial charge in [0.1, 0.15) is 0 Å². The molecule has 4 nitrogen and oxygen atoms in total. The van der Waals surface area contributed by atoms with Gasteiger partial charge in [0.15, 0.2) is 0 Å². The van der Waals surface area contributed by atoms with E-state index in [1.54, 1.807) is 0 Å². The summed E-state index contributed by atoms with van der Waals surface area (Å²) in [6.45, 7) is 14.9. The number of hydrogen-bond donors (Lipinski definition) is 0. The average Bonchev–Trinajstić information content (AvgIpc) is 3.68. The number of carbonyl (C=O) groups excluding carboxylic acids is 2. The first-order chi connectivity index (χ1) is 30.3. The highest BCUT2D eigenvalue weighted by Crippen LogP contribution is 2.48. The van der Waals surface area contributed by atoms with Crippen LogP contribution in [0.1, 0.15) is 255 Å². The first-order valence-electron chi connectivity index (χ1n) is 26.9. The van der Waals surface area contributed by atoms with Crippen LogP contribution in [0.25, 0.3) is 11.1 Å². The zero-order valence-electron chi connectivity index (χ0n) is 41.4. The Labute approximate surface area is 382 Å². The predicted octanol–water partition coefficient (Wildman–Crippen LogP) is 17.7. The Morgan fingerprint density at radius 3 is 0.903 bits per heavy atom. The molecule has 2 heterocycles. The molecule has 2 aliphatic heterocycles. The van der Waals surface area contributed by atoms with E-state index >= 15 is 9.59 Å². The predicted molar refractivity (Wildman–Crippen MR) is 271 cm³/mol. The highest BCUT2D eigenvalue weighted by molar-refractivity contribution is 6.49. The summed E-state index contributed by atoms with van der Waals surface area (Å²) in [7, 11) is 0. The highest BCUT2D eigenvalue weighted by Gasteiger charge is 2.43. The molecular weight excluding hydrogens is 757 g/mol. The fourth-order valence-electron chi connectivity index (χ4n) is 10.4. The molecular formula is C58H94N2O2. The molecule has 0 fully saturated rings. The molecule has 62 heavy (non-hydrogen) atoms. The third-order valence-electron chi connectivity index (χ3n) is 14.3. The number of fused-ring (bicyclic) bond motifs is 2. The number of carbonyl (C=O) groups is 2. The number of hydrogen-bond acceptors (Lipinski definition) is 2. The lowest BCUT2D eigenvalue weighted by molar-refractivity contribution is -0.114. The van der Waals surface area contributed by atoms with Crippen LogP contribution in [-0.4, -0.2) is 24.9 Å². The van der Waals surface area contributed by atoms with Gasteiger partial charge in [0.05, 0.1) is 22.5 Å². The zero-order valence-corrected chi connectivity index (χ0v) is 41.4. The number of nitrogens with zero attached hydrogens (tertiary/aromatic N) is 2. The van der Waals surface area contributed by atoms with Gasteiger partial charge in [-0.1, -0.05) is 232 Å². The molecule has 2 unspecified atom stereocenters. The van der Waals surface area contributed by atoms with E-state index in [0.717, 1.165) is 46.7 Å². The van der Waals surface area contributed by atoms with E-state index in [4.69, 9.17) is 0 Å². The minimum absolute atomic E-state index is 0.0359. The topological polar surface area (TPSA) is 40.6 Å². The normalized spacial score (nSPS) is 15.8. The summed E-state index contributed by atoms with van der Waals surface area (Å²) < 4.78 is 0. The van der Waals surface area contributed by atoms with Crippen molar-refractivity contribution in [3.63, 3.8) is 0 Å². The molecule has 0 saturated carbocycles. The van der Waals surface area contributed by atoms with Gasteiger partial charge in [-0.05, 0) is 74.6 Å². The number of anilines is 2. The lowest BCUT2D eigenvalue weighted by Gasteiger charge is -2.25. The van der Waals surface area contributed by atoms with Crippen molar-refractivity contribution < 1.29 is 9.59 Å². The monoisotopic (exact) mass is 851 g/mol. The van der Waals surface area contributed by atoms with Crippen LogP contribution in [-0.2, 0) is 9.59 Å². The van der Waals surface area contributed by atoms with Gasteiger partial charge >= 0.3 is 0 Å². The second-order valence-corrected chi connectivity index (χ2v) is 20.0. The number of benzene rings is 2. The molecule has 0 bridgehead atoms. The van der Waals surface area contributed by atoms with Crippen LogP contribution in [0.15, 0.2) is 36.4 Å².